The number of rotatable bonds is 1. The molecule has 10 heavy (non-hydrogen) atoms. The summed E-state index contributed by atoms with van der Waals surface area (Å²) in [4.78, 5) is 17.4. The highest BCUT2D eigenvalue weighted by atomic mass is 35.5. The van der Waals surface area contributed by atoms with Gasteiger partial charge in [-0.15, -0.1) is 0 Å². The molecule has 5 heteroatoms. The van der Waals surface area contributed by atoms with Gasteiger partial charge in [0, 0.05) is 12.3 Å². The number of nitrogens with two attached hydrogens (primary N) is 1. The third-order valence-corrected chi connectivity index (χ3v) is 0.992. The molecule has 0 saturated carbocycles. The molecular formula is C5H3ClN3O. The van der Waals surface area contributed by atoms with Gasteiger partial charge in [0.25, 0.3) is 5.91 Å². The van der Waals surface area contributed by atoms with Gasteiger partial charge in [-0.25, -0.2) is 9.97 Å². The first-order valence-corrected chi connectivity index (χ1v) is 2.78. The lowest BCUT2D eigenvalue weighted by Gasteiger charge is -1.90. The second kappa shape index (κ2) is 2.62. The average molecular weight is 157 g/mol. The lowest BCUT2D eigenvalue weighted by Crippen LogP contribution is -2.13. The van der Waals surface area contributed by atoms with E-state index in [9.17, 15) is 4.79 Å². The van der Waals surface area contributed by atoms with E-state index in [1.54, 1.807) is 0 Å². The van der Waals surface area contributed by atoms with E-state index in [1.807, 2.05) is 0 Å². The number of aromatic nitrogens is 2. The molecule has 0 aromatic carbocycles. The van der Waals surface area contributed by atoms with Crippen molar-refractivity contribution in [3.63, 3.8) is 0 Å². The summed E-state index contributed by atoms with van der Waals surface area (Å²) in [6, 6.07) is 2.43. The number of halogens is 1. The maximum Gasteiger partial charge on any atom is 0.268 e. The molecule has 51 valence electrons. The predicted octanol–water partition coefficient (Wildman–Crippen LogP) is 0.0291. The van der Waals surface area contributed by atoms with Gasteiger partial charge in [-0.3, -0.25) is 4.79 Å². The van der Waals surface area contributed by atoms with E-state index < -0.39 is 5.91 Å². The van der Waals surface area contributed by atoms with Crippen LogP contribution in [0, 0.1) is 6.07 Å². The first-order chi connectivity index (χ1) is 4.70. The summed E-state index contributed by atoms with van der Waals surface area (Å²) in [5, 5.41) is -0.00690. The highest BCUT2D eigenvalue weighted by Gasteiger charge is 2.01. The van der Waals surface area contributed by atoms with E-state index in [-0.39, 0.29) is 11.0 Å². The number of amides is 1. The molecule has 2 N–H and O–H groups in total. The Labute approximate surface area is 62.0 Å². The molecule has 0 atom stereocenters. The SMILES string of the molecule is NC(=O)c1[c]cnc(Cl)n1. The minimum atomic E-state index is -0.663. The summed E-state index contributed by atoms with van der Waals surface area (Å²) in [6.45, 7) is 0. The Hall–Kier alpha value is -1.16. The van der Waals surface area contributed by atoms with Crippen LogP contribution in [-0.4, -0.2) is 15.9 Å². The molecule has 0 fully saturated rings. The lowest BCUT2D eigenvalue weighted by atomic mass is 10.4. The van der Waals surface area contributed by atoms with Crippen molar-refractivity contribution >= 4 is 17.5 Å². The molecule has 1 heterocycles. The Balaban J connectivity index is 3.07. The fourth-order valence-corrected chi connectivity index (χ4v) is 0.560. The number of hydrogen-bond acceptors (Lipinski definition) is 3. The van der Waals surface area contributed by atoms with Crippen molar-refractivity contribution in [3.05, 3.63) is 23.2 Å². The molecule has 1 aromatic rings. The fourth-order valence-electron chi connectivity index (χ4n) is 0.426. The average Bonchev–Trinajstić information content (AvgIpc) is 1.88. The highest BCUT2D eigenvalue weighted by Crippen LogP contribution is 1.98. The van der Waals surface area contributed by atoms with Gasteiger partial charge in [-0.2, -0.15) is 0 Å². The monoisotopic (exact) mass is 156 g/mol. The second-order valence-electron chi connectivity index (χ2n) is 1.50. The van der Waals surface area contributed by atoms with Crippen LogP contribution in [-0.2, 0) is 0 Å². The minimum absolute atomic E-state index is 0.000000000000000444. The van der Waals surface area contributed by atoms with Crippen LogP contribution in [0.2, 0.25) is 5.28 Å². The topological polar surface area (TPSA) is 68.9 Å². The molecule has 0 aliphatic heterocycles. The third kappa shape index (κ3) is 1.41. The molecule has 1 aromatic heterocycles. The van der Waals surface area contributed by atoms with Crippen molar-refractivity contribution in [1.82, 2.24) is 9.97 Å². The zero-order chi connectivity index (χ0) is 7.56. The van der Waals surface area contributed by atoms with Crippen molar-refractivity contribution in [1.29, 1.82) is 0 Å². The minimum Gasteiger partial charge on any atom is -0.364 e. The third-order valence-electron chi connectivity index (χ3n) is 0.810. The molecule has 1 radical (unpaired) electrons. The number of nitrogens with zero attached hydrogens (tertiary/aromatic N) is 2. The zero-order valence-corrected chi connectivity index (χ0v) is 5.59. The number of primary amides is 1. The fraction of sp³-hybridized carbons (Fsp3) is 0. The van der Waals surface area contributed by atoms with Crippen molar-refractivity contribution in [2.24, 2.45) is 5.73 Å². The first-order valence-electron chi connectivity index (χ1n) is 2.40. The van der Waals surface area contributed by atoms with Crippen LogP contribution in [0.15, 0.2) is 6.20 Å². The van der Waals surface area contributed by atoms with Crippen LogP contribution in [0.3, 0.4) is 0 Å². The van der Waals surface area contributed by atoms with Gasteiger partial charge in [0.1, 0.15) is 5.69 Å². The molecule has 4 nitrogen and oxygen atoms in total. The van der Waals surface area contributed by atoms with Crippen molar-refractivity contribution in [2.45, 2.75) is 0 Å². The van der Waals surface area contributed by atoms with Crippen LogP contribution >= 0.6 is 11.6 Å². The van der Waals surface area contributed by atoms with Crippen LogP contribution < -0.4 is 5.73 Å². The summed E-state index contributed by atoms with van der Waals surface area (Å²) < 4.78 is 0. The van der Waals surface area contributed by atoms with Gasteiger partial charge in [0.15, 0.2) is 0 Å². The quantitative estimate of drug-likeness (QED) is 0.584. The Bertz CT molecular complexity index is 263. The number of hydrogen-bond donors (Lipinski definition) is 1. The smallest absolute Gasteiger partial charge is 0.268 e. The zero-order valence-electron chi connectivity index (χ0n) is 4.84. The molecule has 0 aliphatic rings. The van der Waals surface area contributed by atoms with Crippen LogP contribution in [0.4, 0.5) is 0 Å². The van der Waals surface area contributed by atoms with Crippen molar-refractivity contribution in [3.8, 4) is 0 Å². The van der Waals surface area contributed by atoms with Gasteiger partial charge >= 0.3 is 0 Å². The molecule has 0 saturated heterocycles. The van der Waals surface area contributed by atoms with E-state index >= 15 is 0 Å². The van der Waals surface area contributed by atoms with Crippen LogP contribution in [0.5, 0.6) is 0 Å². The predicted molar refractivity (Wildman–Crippen MR) is 34.4 cm³/mol. The second-order valence-corrected chi connectivity index (χ2v) is 1.83. The summed E-state index contributed by atoms with van der Waals surface area (Å²) >= 11 is 5.34. The van der Waals surface area contributed by atoms with E-state index in [1.165, 1.54) is 6.20 Å². The Kier molecular flexibility index (Phi) is 1.82. The summed E-state index contributed by atoms with van der Waals surface area (Å²) in [6.07, 6.45) is 1.25. The van der Waals surface area contributed by atoms with Gasteiger partial charge in [0.2, 0.25) is 5.28 Å². The maximum atomic E-state index is 10.4. The van der Waals surface area contributed by atoms with Crippen molar-refractivity contribution < 1.29 is 4.79 Å². The Morgan fingerprint density at radius 2 is 2.50 bits per heavy atom. The Morgan fingerprint density at radius 1 is 1.80 bits per heavy atom. The summed E-state index contributed by atoms with van der Waals surface area (Å²) in [5.41, 5.74) is 4.86. The maximum absolute atomic E-state index is 10.4. The lowest BCUT2D eigenvalue weighted by molar-refractivity contribution is 0.0995. The molecule has 0 unspecified atom stereocenters. The highest BCUT2D eigenvalue weighted by molar-refractivity contribution is 6.28. The standard InChI is InChI=1S/C5H3ClN3O/c6-5-8-2-1-3(9-5)4(7)10/h2H,(H2,7,10). The molecule has 0 bridgehead atoms. The molecule has 0 aliphatic carbocycles. The van der Waals surface area contributed by atoms with E-state index in [4.69, 9.17) is 17.3 Å². The van der Waals surface area contributed by atoms with Gasteiger partial charge in [-0.05, 0) is 11.6 Å². The van der Waals surface area contributed by atoms with E-state index in [0.717, 1.165) is 0 Å². The number of carbonyl (C=O) groups is 1. The molecule has 0 spiro atoms. The Morgan fingerprint density at radius 3 is 2.90 bits per heavy atom. The molecule has 1 amide bonds. The van der Waals surface area contributed by atoms with E-state index in [2.05, 4.69) is 16.0 Å². The van der Waals surface area contributed by atoms with Gasteiger partial charge < -0.3 is 5.73 Å². The van der Waals surface area contributed by atoms with Crippen LogP contribution in [0.25, 0.3) is 0 Å². The largest absolute Gasteiger partial charge is 0.364 e. The van der Waals surface area contributed by atoms with E-state index in [0.29, 0.717) is 0 Å². The first kappa shape index (κ1) is 6.95. The van der Waals surface area contributed by atoms with Gasteiger partial charge in [0.05, 0.1) is 0 Å². The van der Waals surface area contributed by atoms with Crippen molar-refractivity contribution in [2.75, 3.05) is 0 Å². The molecular weight excluding hydrogens is 154 g/mol. The van der Waals surface area contributed by atoms with Crippen LogP contribution in [0.1, 0.15) is 10.5 Å². The normalized spacial score (nSPS) is 9.30. The summed E-state index contributed by atoms with van der Waals surface area (Å²) in [5.74, 6) is -0.663. The summed E-state index contributed by atoms with van der Waals surface area (Å²) in [7, 11) is 0. The molecule has 1 rings (SSSR count). The number of carbonyl (C=O) groups excluding carboxylic acids is 1. The van der Waals surface area contributed by atoms with Gasteiger partial charge in [-0.1, -0.05) is 0 Å².